The number of carbonyl (C=O) groups excluding carboxylic acids is 1. The minimum Gasteiger partial charge on any atom is -0.378 e. The van der Waals surface area contributed by atoms with Gasteiger partial charge in [-0.1, -0.05) is 25.1 Å². The van der Waals surface area contributed by atoms with Crippen molar-refractivity contribution in [3.63, 3.8) is 0 Å². The zero-order chi connectivity index (χ0) is 20.9. The van der Waals surface area contributed by atoms with Crippen molar-refractivity contribution < 1.29 is 9.53 Å². The Kier molecular flexibility index (Phi) is 6.20. The van der Waals surface area contributed by atoms with E-state index >= 15 is 0 Å². The standard InChI is InChI=1S/C21H23N5O3S/c1-2-9-26-21(28)17-6-4-3-5-16(17)19(24-26)20(27)23-22-14-15-7-8-18(30-15)25-10-12-29-13-11-25/h3-8,14H,2,9-13H2,1H3,(H,23,27)/b22-14+. The minimum absolute atomic E-state index is 0.191. The first-order valence-corrected chi connectivity index (χ1v) is 10.7. The van der Waals surface area contributed by atoms with E-state index in [-0.39, 0.29) is 11.3 Å². The van der Waals surface area contributed by atoms with Gasteiger partial charge in [0.15, 0.2) is 5.69 Å². The predicted octanol–water partition coefficient (Wildman–Crippen LogP) is 2.47. The minimum atomic E-state index is -0.447. The first kappa shape index (κ1) is 20.2. The first-order chi connectivity index (χ1) is 14.7. The third kappa shape index (κ3) is 4.27. The number of nitrogens with one attached hydrogen (secondary N) is 1. The quantitative estimate of drug-likeness (QED) is 0.484. The summed E-state index contributed by atoms with van der Waals surface area (Å²) in [7, 11) is 0. The summed E-state index contributed by atoms with van der Waals surface area (Å²) in [5, 5.41) is 10.5. The number of carbonyl (C=O) groups is 1. The molecule has 1 amide bonds. The van der Waals surface area contributed by atoms with E-state index < -0.39 is 5.91 Å². The first-order valence-electron chi connectivity index (χ1n) is 9.93. The van der Waals surface area contributed by atoms with Gasteiger partial charge in [0.05, 0.1) is 29.8 Å². The van der Waals surface area contributed by atoms with Gasteiger partial charge in [-0.15, -0.1) is 11.3 Å². The summed E-state index contributed by atoms with van der Waals surface area (Å²) in [5.41, 5.74) is 2.54. The second-order valence-corrected chi connectivity index (χ2v) is 7.99. The van der Waals surface area contributed by atoms with Crippen molar-refractivity contribution in [3.05, 3.63) is 57.3 Å². The summed E-state index contributed by atoms with van der Waals surface area (Å²) in [6, 6.07) is 11.0. The lowest BCUT2D eigenvalue weighted by Gasteiger charge is -2.27. The fourth-order valence-electron chi connectivity index (χ4n) is 3.34. The molecule has 0 unspecified atom stereocenters. The van der Waals surface area contributed by atoms with E-state index in [0.717, 1.165) is 42.6 Å². The lowest BCUT2D eigenvalue weighted by atomic mass is 10.1. The normalized spacial score (nSPS) is 14.5. The van der Waals surface area contributed by atoms with Crippen LogP contribution in [0.1, 0.15) is 28.7 Å². The predicted molar refractivity (Wildman–Crippen MR) is 119 cm³/mol. The van der Waals surface area contributed by atoms with Gasteiger partial charge in [-0.05, 0) is 24.6 Å². The fraction of sp³-hybridized carbons (Fsp3) is 0.333. The van der Waals surface area contributed by atoms with Gasteiger partial charge >= 0.3 is 0 Å². The molecule has 30 heavy (non-hydrogen) atoms. The van der Waals surface area contributed by atoms with Gasteiger partial charge in [-0.3, -0.25) is 9.59 Å². The van der Waals surface area contributed by atoms with E-state index in [4.69, 9.17) is 4.74 Å². The van der Waals surface area contributed by atoms with Crippen LogP contribution < -0.4 is 15.9 Å². The van der Waals surface area contributed by atoms with Crippen LogP contribution in [0.4, 0.5) is 5.00 Å². The van der Waals surface area contributed by atoms with Crippen molar-refractivity contribution in [3.8, 4) is 0 Å². The molecule has 0 bridgehead atoms. The molecule has 1 fully saturated rings. The third-order valence-electron chi connectivity index (χ3n) is 4.81. The zero-order valence-electron chi connectivity index (χ0n) is 16.7. The smallest absolute Gasteiger partial charge is 0.292 e. The number of morpholine rings is 1. The number of amides is 1. The van der Waals surface area contributed by atoms with Crippen molar-refractivity contribution in [1.29, 1.82) is 0 Å². The molecule has 0 aliphatic carbocycles. The molecule has 4 rings (SSSR count). The van der Waals surface area contributed by atoms with Crippen LogP contribution in [-0.4, -0.2) is 48.2 Å². The maximum Gasteiger partial charge on any atom is 0.292 e. The fourth-order valence-corrected chi connectivity index (χ4v) is 4.27. The molecule has 9 heteroatoms. The highest BCUT2D eigenvalue weighted by molar-refractivity contribution is 7.17. The van der Waals surface area contributed by atoms with Crippen LogP contribution in [0.25, 0.3) is 10.8 Å². The average Bonchev–Trinajstić information content (AvgIpc) is 3.25. The topological polar surface area (TPSA) is 88.8 Å². The maximum atomic E-state index is 12.7. The number of aromatic nitrogens is 2. The largest absolute Gasteiger partial charge is 0.378 e. The van der Waals surface area contributed by atoms with Gasteiger partial charge in [0.25, 0.3) is 11.5 Å². The van der Waals surface area contributed by atoms with Crippen LogP contribution in [0.3, 0.4) is 0 Å². The number of benzene rings is 1. The summed E-state index contributed by atoms with van der Waals surface area (Å²) in [5.74, 6) is -0.447. The van der Waals surface area contributed by atoms with Crippen molar-refractivity contribution in [2.45, 2.75) is 19.9 Å². The molecule has 1 aliphatic heterocycles. The molecule has 1 aromatic carbocycles. The van der Waals surface area contributed by atoms with Crippen LogP contribution in [0.5, 0.6) is 0 Å². The highest BCUT2D eigenvalue weighted by atomic mass is 32.1. The zero-order valence-corrected chi connectivity index (χ0v) is 17.5. The summed E-state index contributed by atoms with van der Waals surface area (Å²) >= 11 is 1.61. The number of fused-ring (bicyclic) bond motifs is 1. The molecule has 1 N–H and O–H groups in total. The van der Waals surface area contributed by atoms with Crippen molar-refractivity contribution >= 4 is 39.2 Å². The second-order valence-electron chi connectivity index (χ2n) is 6.90. The number of ether oxygens (including phenoxy) is 1. The monoisotopic (exact) mass is 425 g/mol. The van der Waals surface area contributed by atoms with Gasteiger partial charge in [0.1, 0.15) is 0 Å². The molecule has 3 heterocycles. The van der Waals surface area contributed by atoms with Crippen LogP contribution >= 0.6 is 11.3 Å². The molecular formula is C21H23N5O3S. The van der Waals surface area contributed by atoms with E-state index in [1.54, 1.807) is 41.8 Å². The highest BCUT2D eigenvalue weighted by Crippen LogP contribution is 2.25. The number of aryl methyl sites for hydroxylation is 1. The van der Waals surface area contributed by atoms with Crippen molar-refractivity contribution in [2.75, 3.05) is 31.2 Å². The summed E-state index contributed by atoms with van der Waals surface area (Å²) in [6.07, 6.45) is 2.37. The number of hydrazone groups is 1. The Morgan fingerprint density at radius 1 is 1.23 bits per heavy atom. The van der Waals surface area contributed by atoms with Crippen LogP contribution in [0, 0.1) is 0 Å². The molecular weight excluding hydrogens is 402 g/mol. The van der Waals surface area contributed by atoms with E-state index in [9.17, 15) is 9.59 Å². The second kappa shape index (κ2) is 9.19. The molecule has 0 radical (unpaired) electrons. The number of rotatable bonds is 6. The Hall–Kier alpha value is -3.04. The van der Waals surface area contributed by atoms with Crippen molar-refractivity contribution in [2.24, 2.45) is 5.10 Å². The molecule has 0 saturated carbocycles. The summed E-state index contributed by atoms with van der Waals surface area (Å²) in [4.78, 5) is 28.5. The van der Waals surface area contributed by atoms with E-state index in [2.05, 4.69) is 26.6 Å². The number of thiophene rings is 1. The van der Waals surface area contributed by atoms with Crippen LogP contribution in [0.15, 0.2) is 46.3 Å². The molecule has 156 valence electrons. The van der Waals surface area contributed by atoms with E-state index in [1.165, 1.54) is 4.68 Å². The third-order valence-corrected chi connectivity index (χ3v) is 5.89. The number of hydrogen-bond donors (Lipinski definition) is 1. The maximum absolute atomic E-state index is 12.7. The number of hydrogen-bond acceptors (Lipinski definition) is 7. The number of anilines is 1. The molecule has 1 saturated heterocycles. The average molecular weight is 426 g/mol. The van der Waals surface area contributed by atoms with E-state index in [0.29, 0.717) is 17.3 Å². The summed E-state index contributed by atoms with van der Waals surface area (Å²) < 4.78 is 6.73. The Balaban J connectivity index is 1.51. The van der Waals surface area contributed by atoms with Gasteiger partial charge in [0, 0.05) is 29.9 Å². The van der Waals surface area contributed by atoms with Gasteiger partial charge < -0.3 is 9.64 Å². The summed E-state index contributed by atoms with van der Waals surface area (Å²) in [6.45, 7) is 5.63. The molecule has 3 aromatic rings. The number of nitrogens with zero attached hydrogens (tertiary/aromatic N) is 4. The SMILES string of the molecule is CCCn1nc(C(=O)N/N=C/c2ccc(N3CCOCC3)s2)c2ccccc2c1=O. The van der Waals surface area contributed by atoms with Gasteiger partial charge in [-0.2, -0.15) is 10.2 Å². The molecule has 0 spiro atoms. The lowest BCUT2D eigenvalue weighted by molar-refractivity contribution is 0.0949. The van der Waals surface area contributed by atoms with Crippen molar-refractivity contribution in [1.82, 2.24) is 15.2 Å². The molecule has 2 aromatic heterocycles. The molecule has 8 nitrogen and oxygen atoms in total. The van der Waals surface area contributed by atoms with E-state index in [1.807, 2.05) is 13.0 Å². The van der Waals surface area contributed by atoms with Crippen LogP contribution in [0.2, 0.25) is 0 Å². The molecule has 1 aliphatic rings. The van der Waals surface area contributed by atoms with Gasteiger partial charge in [0.2, 0.25) is 0 Å². The van der Waals surface area contributed by atoms with Gasteiger partial charge in [-0.25, -0.2) is 10.1 Å². The van der Waals surface area contributed by atoms with Crippen LogP contribution in [-0.2, 0) is 11.3 Å². The Bertz CT molecular complexity index is 1130. The molecule has 0 atom stereocenters. The lowest BCUT2D eigenvalue weighted by Crippen LogP contribution is -2.35. The highest BCUT2D eigenvalue weighted by Gasteiger charge is 2.16. The Labute approximate surface area is 177 Å². The Morgan fingerprint density at radius 3 is 2.77 bits per heavy atom. The Morgan fingerprint density at radius 2 is 2.00 bits per heavy atom.